The molecule has 1 amide bonds. The van der Waals surface area contributed by atoms with E-state index in [1.54, 1.807) is 12.1 Å². The number of benzene rings is 2. The number of fused-ring (bicyclic) bond motifs is 1. The Balaban J connectivity index is 1.42. The summed E-state index contributed by atoms with van der Waals surface area (Å²) in [7, 11) is 0. The first-order chi connectivity index (χ1) is 17.9. The van der Waals surface area contributed by atoms with Gasteiger partial charge in [-0.15, -0.1) is 0 Å². The molecule has 37 heavy (non-hydrogen) atoms. The summed E-state index contributed by atoms with van der Waals surface area (Å²) in [6.07, 6.45) is 7.72. The fourth-order valence-electron chi connectivity index (χ4n) is 5.84. The SMILES string of the molecule is CC(C)NC(=O)Cn1c(-c2cccc(Cl)c2)nc2ccc([C@H]3C[C@@H](CN4CCCCCC4)C3)cc2c1=O. The number of hydrogen-bond acceptors (Lipinski definition) is 4. The molecule has 0 atom stereocenters. The van der Waals surface area contributed by atoms with E-state index in [1.807, 2.05) is 38.1 Å². The maximum absolute atomic E-state index is 13.8. The zero-order valence-corrected chi connectivity index (χ0v) is 22.6. The maximum Gasteiger partial charge on any atom is 0.262 e. The van der Waals surface area contributed by atoms with Crippen LogP contribution in [0.1, 0.15) is 63.9 Å². The number of hydrogen-bond donors (Lipinski definition) is 1. The highest BCUT2D eigenvalue weighted by Gasteiger charge is 2.32. The average Bonchev–Trinajstić information content (AvgIpc) is 3.11. The zero-order chi connectivity index (χ0) is 25.9. The molecular formula is C30H37ClN4O2. The van der Waals surface area contributed by atoms with Crippen molar-refractivity contribution in [3.05, 3.63) is 63.4 Å². The van der Waals surface area contributed by atoms with Gasteiger partial charge in [-0.05, 0) is 94.3 Å². The van der Waals surface area contributed by atoms with Gasteiger partial charge in [0, 0.05) is 23.2 Å². The first-order valence-corrected chi connectivity index (χ1v) is 14.1. The van der Waals surface area contributed by atoms with Crippen LogP contribution >= 0.6 is 11.6 Å². The molecular weight excluding hydrogens is 484 g/mol. The molecule has 2 heterocycles. The molecule has 1 aliphatic carbocycles. The summed E-state index contributed by atoms with van der Waals surface area (Å²) in [4.78, 5) is 33.9. The number of nitrogens with zero attached hydrogens (tertiary/aromatic N) is 3. The number of amides is 1. The monoisotopic (exact) mass is 520 g/mol. The number of halogens is 1. The van der Waals surface area contributed by atoms with Gasteiger partial charge in [0.25, 0.3) is 5.56 Å². The lowest BCUT2D eigenvalue weighted by Gasteiger charge is -2.39. The summed E-state index contributed by atoms with van der Waals surface area (Å²) in [5.74, 6) is 1.45. The Kier molecular flexibility index (Phi) is 7.96. The van der Waals surface area contributed by atoms with Crippen molar-refractivity contribution in [3.63, 3.8) is 0 Å². The van der Waals surface area contributed by atoms with Crippen molar-refractivity contribution >= 4 is 28.4 Å². The molecule has 7 heteroatoms. The van der Waals surface area contributed by atoms with Gasteiger partial charge in [-0.2, -0.15) is 0 Å². The van der Waals surface area contributed by atoms with Crippen LogP contribution in [-0.4, -0.2) is 46.0 Å². The Morgan fingerprint density at radius 3 is 2.54 bits per heavy atom. The number of aromatic nitrogens is 2. The van der Waals surface area contributed by atoms with Crippen molar-refractivity contribution in [2.75, 3.05) is 19.6 Å². The van der Waals surface area contributed by atoms with Gasteiger partial charge in [0.15, 0.2) is 0 Å². The van der Waals surface area contributed by atoms with E-state index in [2.05, 4.69) is 16.3 Å². The summed E-state index contributed by atoms with van der Waals surface area (Å²) < 4.78 is 1.48. The predicted molar refractivity (Wildman–Crippen MR) is 150 cm³/mol. The van der Waals surface area contributed by atoms with Gasteiger partial charge in [0.1, 0.15) is 12.4 Å². The molecule has 5 rings (SSSR count). The number of nitrogens with one attached hydrogen (secondary N) is 1. The Labute approximate surface area is 224 Å². The second-order valence-electron chi connectivity index (χ2n) is 11.1. The summed E-state index contributed by atoms with van der Waals surface area (Å²) in [6, 6.07) is 13.3. The highest BCUT2D eigenvalue weighted by atomic mass is 35.5. The second-order valence-corrected chi connectivity index (χ2v) is 11.5. The largest absolute Gasteiger partial charge is 0.352 e. The smallest absolute Gasteiger partial charge is 0.262 e. The summed E-state index contributed by atoms with van der Waals surface area (Å²) in [5.41, 5.74) is 2.36. The van der Waals surface area contributed by atoms with Crippen molar-refractivity contribution in [3.8, 4) is 11.4 Å². The van der Waals surface area contributed by atoms with Crippen LogP contribution in [-0.2, 0) is 11.3 Å². The van der Waals surface area contributed by atoms with E-state index in [4.69, 9.17) is 16.6 Å². The third-order valence-electron chi connectivity index (χ3n) is 7.73. The van der Waals surface area contributed by atoms with Gasteiger partial charge in [-0.3, -0.25) is 14.2 Å². The molecule has 1 saturated carbocycles. The molecule has 196 valence electrons. The molecule has 2 aromatic carbocycles. The van der Waals surface area contributed by atoms with E-state index in [9.17, 15) is 9.59 Å². The third-order valence-corrected chi connectivity index (χ3v) is 7.97. The molecule has 2 fully saturated rings. The van der Waals surface area contributed by atoms with Crippen molar-refractivity contribution in [2.24, 2.45) is 5.92 Å². The van der Waals surface area contributed by atoms with Crippen LogP contribution in [0.5, 0.6) is 0 Å². The molecule has 0 bridgehead atoms. The second kappa shape index (κ2) is 11.4. The molecule has 6 nitrogen and oxygen atoms in total. The summed E-state index contributed by atoms with van der Waals surface area (Å²) >= 11 is 6.24. The number of likely N-dealkylation sites (tertiary alicyclic amines) is 1. The zero-order valence-electron chi connectivity index (χ0n) is 21.9. The van der Waals surface area contributed by atoms with Crippen LogP contribution in [0.25, 0.3) is 22.3 Å². The van der Waals surface area contributed by atoms with Crippen molar-refractivity contribution in [2.45, 2.75) is 70.9 Å². The highest BCUT2D eigenvalue weighted by Crippen LogP contribution is 2.42. The molecule has 1 N–H and O–H groups in total. The van der Waals surface area contributed by atoms with Crippen molar-refractivity contribution in [1.29, 1.82) is 0 Å². The van der Waals surface area contributed by atoms with Gasteiger partial charge >= 0.3 is 0 Å². The fraction of sp³-hybridized carbons (Fsp3) is 0.500. The minimum absolute atomic E-state index is 0.0151. The van der Waals surface area contributed by atoms with Crippen LogP contribution in [0, 0.1) is 5.92 Å². The minimum atomic E-state index is -0.215. The standard InChI is InChI=1S/C30H37ClN4O2/c1-20(2)32-28(36)19-35-29(23-8-7-9-25(31)16-23)33-27-11-10-22(17-26(27)30(35)37)24-14-21(15-24)18-34-12-5-3-4-6-13-34/h7-11,16-17,20-21,24H,3-6,12-15,18-19H2,1-2H3,(H,32,36)/t21-,24+. The van der Waals surface area contributed by atoms with Crippen LogP contribution in [0.4, 0.5) is 0 Å². The van der Waals surface area contributed by atoms with Crippen molar-refractivity contribution in [1.82, 2.24) is 19.8 Å². The fourth-order valence-corrected chi connectivity index (χ4v) is 6.03. The van der Waals surface area contributed by atoms with Crippen molar-refractivity contribution < 1.29 is 4.79 Å². The average molecular weight is 521 g/mol. The van der Waals surface area contributed by atoms with Crippen LogP contribution in [0.2, 0.25) is 5.02 Å². The quantitative estimate of drug-likeness (QED) is 0.439. The van der Waals surface area contributed by atoms with E-state index in [0.29, 0.717) is 33.2 Å². The van der Waals surface area contributed by atoms with Gasteiger partial charge in [-0.1, -0.05) is 42.6 Å². The van der Waals surface area contributed by atoms with E-state index < -0.39 is 0 Å². The number of carbonyl (C=O) groups excluding carboxylic acids is 1. The number of rotatable bonds is 7. The molecule has 0 unspecified atom stereocenters. The Bertz CT molecular complexity index is 1320. The molecule has 2 aliphatic rings. The van der Waals surface area contributed by atoms with E-state index in [0.717, 1.165) is 5.92 Å². The lowest BCUT2D eigenvalue weighted by molar-refractivity contribution is -0.122. The molecule has 1 aliphatic heterocycles. The first kappa shape index (κ1) is 25.9. The van der Waals surface area contributed by atoms with E-state index in [1.165, 1.54) is 68.3 Å². The molecule has 3 aromatic rings. The first-order valence-electron chi connectivity index (χ1n) is 13.7. The Morgan fingerprint density at radius 2 is 1.84 bits per heavy atom. The third kappa shape index (κ3) is 6.07. The van der Waals surface area contributed by atoms with E-state index in [-0.39, 0.29) is 24.1 Å². The Morgan fingerprint density at radius 1 is 1.08 bits per heavy atom. The highest BCUT2D eigenvalue weighted by molar-refractivity contribution is 6.30. The molecule has 0 spiro atoms. The molecule has 0 radical (unpaired) electrons. The van der Waals surface area contributed by atoms with Gasteiger partial charge < -0.3 is 10.2 Å². The van der Waals surface area contributed by atoms with Gasteiger partial charge in [0.2, 0.25) is 5.91 Å². The van der Waals surface area contributed by atoms with Crippen LogP contribution < -0.4 is 10.9 Å². The minimum Gasteiger partial charge on any atom is -0.352 e. The van der Waals surface area contributed by atoms with E-state index >= 15 is 0 Å². The molecule has 1 saturated heterocycles. The molecule has 1 aromatic heterocycles. The maximum atomic E-state index is 13.8. The predicted octanol–water partition coefficient (Wildman–Crippen LogP) is 5.61. The Hall–Kier alpha value is -2.70. The van der Waals surface area contributed by atoms with Crippen LogP contribution in [0.15, 0.2) is 47.3 Å². The van der Waals surface area contributed by atoms with Gasteiger partial charge in [0.05, 0.1) is 10.9 Å². The topological polar surface area (TPSA) is 67.2 Å². The normalized spacial score (nSPS) is 20.5. The van der Waals surface area contributed by atoms with Gasteiger partial charge in [-0.25, -0.2) is 4.98 Å². The lowest BCUT2D eigenvalue weighted by Crippen LogP contribution is -2.37. The summed E-state index contributed by atoms with van der Waals surface area (Å²) in [6.45, 7) is 7.40. The van der Waals surface area contributed by atoms with Crippen LogP contribution in [0.3, 0.4) is 0 Å². The number of carbonyl (C=O) groups is 1. The summed E-state index contributed by atoms with van der Waals surface area (Å²) in [5, 5.41) is 4.01. The lowest BCUT2D eigenvalue weighted by atomic mass is 9.71.